The molecule has 0 spiro atoms. The number of hydrogen-bond acceptors (Lipinski definition) is 4. The van der Waals surface area contributed by atoms with E-state index in [0.717, 1.165) is 30.6 Å². The van der Waals surface area contributed by atoms with Gasteiger partial charge < -0.3 is 20.7 Å². The zero-order valence-electron chi connectivity index (χ0n) is 19.1. The highest BCUT2D eigenvalue weighted by atomic mass is 127. The first kappa shape index (κ1) is 27.0. The van der Waals surface area contributed by atoms with E-state index in [0.29, 0.717) is 37.8 Å². The number of hydrogen-bond donors (Lipinski definition) is 3. The molecule has 2 aromatic carbocycles. The fourth-order valence-electron chi connectivity index (χ4n) is 3.81. The summed E-state index contributed by atoms with van der Waals surface area (Å²) >= 11 is 0. The normalized spacial score (nSPS) is 15.3. The molecule has 0 saturated carbocycles. The van der Waals surface area contributed by atoms with Crippen molar-refractivity contribution >= 4 is 35.8 Å². The number of ether oxygens (including phenoxy) is 1. The van der Waals surface area contributed by atoms with Gasteiger partial charge in [0.25, 0.3) is 5.91 Å². The van der Waals surface area contributed by atoms with Crippen molar-refractivity contribution in [3.05, 3.63) is 71.0 Å². The van der Waals surface area contributed by atoms with Crippen molar-refractivity contribution in [2.24, 2.45) is 4.99 Å². The fourth-order valence-corrected chi connectivity index (χ4v) is 3.81. The number of carbonyl (C=O) groups is 1. The number of nitrogens with zero attached hydrogens (tertiary/aromatic N) is 2. The second-order valence-corrected chi connectivity index (χ2v) is 7.63. The zero-order valence-corrected chi connectivity index (χ0v) is 21.5. The molecule has 7 nitrogen and oxygen atoms in total. The van der Waals surface area contributed by atoms with Crippen LogP contribution in [0.15, 0.2) is 53.5 Å². The van der Waals surface area contributed by atoms with Crippen molar-refractivity contribution in [2.45, 2.75) is 12.5 Å². The number of rotatable bonds is 8. The van der Waals surface area contributed by atoms with Crippen LogP contribution in [0.4, 0.5) is 4.39 Å². The van der Waals surface area contributed by atoms with Crippen LogP contribution in [0.25, 0.3) is 0 Å². The molecule has 180 valence electrons. The molecule has 3 rings (SSSR count). The van der Waals surface area contributed by atoms with Gasteiger partial charge in [-0.05, 0) is 41.8 Å². The average Bonchev–Trinajstić information content (AvgIpc) is 2.83. The molecule has 0 radical (unpaired) electrons. The van der Waals surface area contributed by atoms with Crippen molar-refractivity contribution in [3.8, 4) is 0 Å². The minimum atomic E-state index is -0.234. The maximum absolute atomic E-state index is 13.9. The Hall–Kier alpha value is -2.24. The van der Waals surface area contributed by atoms with Crippen LogP contribution in [-0.4, -0.2) is 70.3 Å². The molecular formula is C24H33FIN5O2. The minimum Gasteiger partial charge on any atom is -0.379 e. The number of aliphatic imine (C=N–C) groups is 1. The average molecular weight is 569 g/mol. The van der Waals surface area contributed by atoms with E-state index in [9.17, 15) is 9.18 Å². The number of amides is 1. The molecule has 1 atom stereocenters. The highest BCUT2D eigenvalue weighted by Crippen LogP contribution is 2.22. The Morgan fingerprint density at radius 1 is 1.15 bits per heavy atom. The van der Waals surface area contributed by atoms with Crippen molar-refractivity contribution in [3.63, 3.8) is 0 Å². The number of nitrogens with one attached hydrogen (secondary N) is 3. The lowest BCUT2D eigenvalue weighted by molar-refractivity contribution is 0.0169. The van der Waals surface area contributed by atoms with Gasteiger partial charge in [0.2, 0.25) is 0 Å². The molecular weight excluding hydrogens is 536 g/mol. The van der Waals surface area contributed by atoms with Gasteiger partial charge in [0.05, 0.1) is 19.3 Å². The molecule has 0 aliphatic carbocycles. The van der Waals surface area contributed by atoms with E-state index in [1.54, 1.807) is 32.3 Å². The summed E-state index contributed by atoms with van der Waals surface area (Å²) in [5.41, 5.74) is 2.65. The summed E-state index contributed by atoms with van der Waals surface area (Å²) in [6.45, 7) is 4.21. The highest BCUT2D eigenvalue weighted by molar-refractivity contribution is 14.0. The lowest BCUT2D eigenvalue weighted by atomic mass is 10.0. The van der Waals surface area contributed by atoms with Gasteiger partial charge in [0.15, 0.2) is 5.96 Å². The Morgan fingerprint density at radius 2 is 1.91 bits per heavy atom. The predicted molar refractivity (Wildman–Crippen MR) is 140 cm³/mol. The Labute approximate surface area is 212 Å². The van der Waals surface area contributed by atoms with Crippen LogP contribution < -0.4 is 16.0 Å². The van der Waals surface area contributed by atoms with Gasteiger partial charge in [-0.3, -0.25) is 14.7 Å². The summed E-state index contributed by atoms with van der Waals surface area (Å²) in [6.07, 6.45) is 0.752. The summed E-state index contributed by atoms with van der Waals surface area (Å²) in [7, 11) is 3.35. The van der Waals surface area contributed by atoms with Gasteiger partial charge >= 0.3 is 0 Å². The van der Waals surface area contributed by atoms with Crippen molar-refractivity contribution in [1.82, 2.24) is 20.9 Å². The third-order valence-electron chi connectivity index (χ3n) is 5.53. The molecule has 1 amide bonds. The first-order chi connectivity index (χ1) is 15.6. The molecule has 1 fully saturated rings. The van der Waals surface area contributed by atoms with Crippen molar-refractivity contribution in [2.75, 3.05) is 53.5 Å². The SMILES string of the molecule is CN=C(NCCc1cccc(C(=O)NC)c1)NCC(c1cccc(F)c1)N1CCOCC1.I. The molecule has 1 aliphatic rings. The van der Waals surface area contributed by atoms with Crippen LogP contribution in [-0.2, 0) is 11.2 Å². The van der Waals surface area contributed by atoms with Crippen LogP contribution in [0.3, 0.4) is 0 Å². The maximum atomic E-state index is 13.9. The van der Waals surface area contributed by atoms with Crippen LogP contribution in [0, 0.1) is 5.82 Å². The van der Waals surface area contributed by atoms with Gasteiger partial charge in [-0.15, -0.1) is 24.0 Å². The third-order valence-corrected chi connectivity index (χ3v) is 5.53. The number of benzene rings is 2. The molecule has 1 heterocycles. The third kappa shape index (κ3) is 8.24. The standard InChI is InChI=1S/C24H32FN5O2.HI/c1-26-23(31)20-7-3-5-18(15-20)9-10-28-24(27-2)29-17-22(30-11-13-32-14-12-30)19-6-4-8-21(25)16-19;/h3-8,15-16,22H,9-14,17H2,1-2H3,(H,26,31)(H2,27,28,29);1H. The molecule has 33 heavy (non-hydrogen) atoms. The summed E-state index contributed by atoms with van der Waals surface area (Å²) in [6, 6.07) is 14.4. The minimum absolute atomic E-state index is 0. The Bertz CT molecular complexity index is 921. The second kappa shape index (κ2) is 14.1. The number of halogens is 2. The van der Waals surface area contributed by atoms with Crippen LogP contribution >= 0.6 is 24.0 Å². The lowest BCUT2D eigenvalue weighted by Gasteiger charge is -2.35. The Morgan fingerprint density at radius 3 is 2.61 bits per heavy atom. The molecule has 2 aromatic rings. The molecule has 1 aliphatic heterocycles. The largest absolute Gasteiger partial charge is 0.379 e. The van der Waals surface area contributed by atoms with E-state index in [2.05, 4.69) is 25.8 Å². The van der Waals surface area contributed by atoms with E-state index in [-0.39, 0.29) is 41.7 Å². The van der Waals surface area contributed by atoms with Gasteiger partial charge in [-0.2, -0.15) is 0 Å². The smallest absolute Gasteiger partial charge is 0.251 e. The van der Waals surface area contributed by atoms with Crippen LogP contribution in [0.2, 0.25) is 0 Å². The molecule has 9 heteroatoms. The molecule has 1 saturated heterocycles. The Balaban J connectivity index is 0.00000385. The van der Waals surface area contributed by atoms with E-state index in [4.69, 9.17) is 4.74 Å². The van der Waals surface area contributed by atoms with Crippen LogP contribution in [0.1, 0.15) is 27.5 Å². The highest BCUT2D eigenvalue weighted by Gasteiger charge is 2.23. The maximum Gasteiger partial charge on any atom is 0.251 e. The Kier molecular flexibility index (Phi) is 11.6. The molecule has 0 bridgehead atoms. The van der Waals surface area contributed by atoms with Crippen molar-refractivity contribution < 1.29 is 13.9 Å². The topological polar surface area (TPSA) is 78.0 Å². The van der Waals surface area contributed by atoms with Crippen molar-refractivity contribution in [1.29, 1.82) is 0 Å². The predicted octanol–water partition coefficient (Wildman–Crippen LogP) is 2.58. The van der Waals surface area contributed by atoms with Crippen LogP contribution in [0.5, 0.6) is 0 Å². The molecule has 0 aromatic heterocycles. The molecule has 3 N–H and O–H groups in total. The van der Waals surface area contributed by atoms with Gasteiger partial charge in [-0.1, -0.05) is 24.3 Å². The number of carbonyl (C=O) groups excluding carboxylic acids is 1. The van der Waals surface area contributed by atoms with Gasteiger partial charge in [0, 0.05) is 45.8 Å². The van der Waals surface area contributed by atoms with E-state index >= 15 is 0 Å². The summed E-state index contributed by atoms with van der Waals surface area (Å²) in [4.78, 5) is 18.4. The first-order valence-electron chi connectivity index (χ1n) is 10.9. The quantitative estimate of drug-likeness (QED) is 0.259. The number of morpholine rings is 1. The van der Waals surface area contributed by atoms with E-state index in [1.165, 1.54) is 6.07 Å². The zero-order chi connectivity index (χ0) is 22.8. The first-order valence-corrected chi connectivity index (χ1v) is 10.9. The monoisotopic (exact) mass is 569 g/mol. The summed E-state index contributed by atoms with van der Waals surface area (Å²) < 4.78 is 19.3. The van der Waals surface area contributed by atoms with Gasteiger partial charge in [0.1, 0.15) is 5.82 Å². The van der Waals surface area contributed by atoms with Gasteiger partial charge in [-0.25, -0.2) is 4.39 Å². The number of guanidine groups is 1. The fraction of sp³-hybridized carbons (Fsp3) is 0.417. The summed E-state index contributed by atoms with van der Waals surface area (Å²) in [5.74, 6) is 0.355. The molecule has 1 unspecified atom stereocenters. The lowest BCUT2D eigenvalue weighted by Crippen LogP contribution is -2.46. The second-order valence-electron chi connectivity index (χ2n) is 7.63. The van der Waals surface area contributed by atoms with E-state index in [1.807, 2.05) is 24.3 Å². The summed E-state index contributed by atoms with van der Waals surface area (Å²) in [5, 5.41) is 9.35. The van der Waals surface area contributed by atoms with E-state index < -0.39 is 0 Å².